The number of halogens is 7. The first-order valence-electron chi connectivity index (χ1n) is 5.96. The van der Waals surface area contributed by atoms with E-state index in [4.69, 9.17) is 0 Å². The zero-order chi connectivity index (χ0) is 14.9. The third-order valence-electron chi connectivity index (χ3n) is 3.14. The zero-order valence-corrected chi connectivity index (χ0v) is 13.1. The second kappa shape index (κ2) is 7.21. The minimum atomic E-state index is -4.74. The van der Waals surface area contributed by atoms with Gasteiger partial charge in [-0.2, -0.15) is 13.2 Å². The summed E-state index contributed by atoms with van der Waals surface area (Å²) in [5.74, 6) is -2.39. The van der Waals surface area contributed by atoms with E-state index in [0.29, 0.717) is 13.1 Å². The number of benzene rings is 1. The van der Waals surface area contributed by atoms with Crippen molar-refractivity contribution in [1.29, 1.82) is 0 Å². The molecule has 0 bridgehead atoms. The van der Waals surface area contributed by atoms with Crippen LogP contribution in [-0.4, -0.2) is 37.3 Å². The van der Waals surface area contributed by atoms with Crippen LogP contribution in [0, 0.1) is 11.6 Å². The highest BCUT2D eigenvalue weighted by atomic mass is 79.9. The molecule has 1 atom stereocenters. The standard InChI is InChI=1S/C12H12BrF5N2.ClH/c13-7-5-8(14)10(9(15)6-7)11(12(16,17)18)20-3-1-19-2-4-20;/h5-6,11,19H,1-4H2;1H/t11-;/m1./s1. The number of nitrogens with zero attached hydrogens (tertiary/aromatic N) is 1. The molecule has 2 rings (SSSR count). The molecule has 1 N–H and O–H groups in total. The van der Waals surface area contributed by atoms with Crippen molar-refractivity contribution in [2.75, 3.05) is 26.2 Å². The van der Waals surface area contributed by atoms with Crippen molar-refractivity contribution in [3.8, 4) is 0 Å². The highest BCUT2D eigenvalue weighted by Gasteiger charge is 2.47. The minimum absolute atomic E-state index is 0. The Hall–Kier alpha value is -0.440. The molecular formula is C12H13BrClF5N2. The van der Waals surface area contributed by atoms with Gasteiger partial charge in [-0.3, -0.25) is 4.90 Å². The molecule has 21 heavy (non-hydrogen) atoms. The predicted octanol–water partition coefficient (Wildman–Crippen LogP) is 3.66. The molecule has 1 fully saturated rings. The topological polar surface area (TPSA) is 15.3 Å². The van der Waals surface area contributed by atoms with Gasteiger partial charge in [-0.15, -0.1) is 12.4 Å². The molecule has 0 amide bonds. The van der Waals surface area contributed by atoms with E-state index in [1.165, 1.54) is 0 Å². The van der Waals surface area contributed by atoms with Crippen LogP contribution in [0.2, 0.25) is 0 Å². The lowest BCUT2D eigenvalue weighted by Crippen LogP contribution is -2.49. The van der Waals surface area contributed by atoms with Crippen LogP contribution in [0.3, 0.4) is 0 Å². The van der Waals surface area contributed by atoms with Crippen LogP contribution in [0.4, 0.5) is 22.0 Å². The van der Waals surface area contributed by atoms with Crippen LogP contribution in [-0.2, 0) is 0 Å². The maximum atomic E-state index is 13.8. The van der Waals surface area contributed by atoms with Crippen molar-refractivity contribution in [1.82, 2.24) is 10.2 Å². The molecule has 0 unspecified atom stereocenters. The van der Waals surface area contributed by atoms with Gasteiger partial charge < -0.3 is 5.32 Å². The van der Waals surface area contributed by atoms with Crippen molar-refractivity contribution in [2.45, 2.75) is 12.2 Å². The van der Waals surface area contributed by atoms with Crippen LogP contribution in [0.5, 0.6) is 0 Å². The second-order valence-corrected chi connectivity index (χ2v) is 5.43. The summed E-state index contributed by atoms with van der Waals surface area (Å²) in [4.78, 5) is 1.05. The van der Waals surface area contributed by atoms with Gasteiger partial charge in [-0.1, -0.05) is 15.9 Å². The minimum Gasteiger partial charge on any atom is -0.314 e. The first-order valence-corrected chi connectivity index (χ1v) is 6.76. The molecule has 9 heteroatoms. The van der Waals surface area contributed by atoms with Gasteiger partial charge in [0, 0.05) is 36.2 Å². The maximum absolute atomic E-state index is 13.8. The van der Waals surface area contributed by atoms with Gasteiger partial charge in [0.2, 0.25) is 0 Å². The van der Waals surface area contributed by atoms with Gasteiger partial charge in [0.1, 0.15) is 17.7 Å². The van der Waals surface area contributed by atoms with Crippen molar-refractivity contribution < 1.29 is 22.0 Å². The van der Waals surface area contributed by atoms with Crippen LogP contribution in [0.15, 0.2) is 16.6 Å². The number of alkyl halides is 3. The lowest BCUT2D eigenvalue weighted by molar-refractivity contribution is -0.189. The molecule has 0 radical (unpaired) electrons. The average Bonchev–Trinajstić information content (AvgIpc) is 2.33. The lowest BCUT2D eigenvalue weighted by atomic mass is 10.0. The molecule has 1 heterocycles. The first-order chi connectivity index (χ1) is 9.30. The highest BCUT2D eigenvalue weighted by molar-refractivity contribution is 9.10. The third kappa shape index (κ3) is 4.28. The monoisotopic (exact) mass is 394 g/mol. The zero-order valence-electron chi connectivity index (χ0n) is 10.7. The molecule has 2 nitrogen and oxygen atoms in total. The smallest absolute Gasteiger partial charge is 0.314 e. The number of rotatable bonds is 2. The van der Waals surface area contributed by atoms with E-state index in [-0.39, 0.29) is 30.0 Å². The molecule has 1 saturated heterocycles. The molecule has 120 valence electrons. The summed E-state index contributed by atoms with van der Waals surface area (Å²) in [6.07, 6.45) is -4.74. The Balaban J connectivity index is 0.00000220. The Kier molecular flexibility index (Phi) is 6.39. The quantitative estimate of drug-likeness (QED) is 0.769. The second-order valence-electron chi connectivity index (χ2n) is 4.51. The SMILES string of the molecule is Cl.Fc1cc(Br)cc(F)c1[C@@H](N1CCNCC1)C(F)(F)F. The van der Waals surface area contributed by atoms with E-state index in [9.17, 15) is 22.0 Å². The van der Waals surface area contributed by atoms with Crippen molar-refractivity contribution in [3.63, 3.8) is 0 Å². The maximum Gasteiger partial charge on any atom is 0.408 e. The van der Waals surface area contributed by atoms with Crippen LogP contribution >= 0.6 is 28.3 Å². The number of hydrogen-bond acceptors (Lipinski definition) is 2. The van der Waals surface area contributed by atoms with E-state index in [1.54, 1.807) is 0 Å². The van der Waals surface area contributed by atoms with Crippen molar-refractivity contribution in [2.24, 2.45) is 0 Å². The van der Waals surface area contributed by atoms with E-state index in [0.717, 1.165) is 17.0 Å². The van der Waals surface area contributed by atoms with Crippen LogP contribution in [0.1, 0.15) is 11.6 Å². The Labute approximate surface area is 133 Å². The third-order valence-corrected chi connectivity index (χ3v) is 3.60. The largest absolute Gasteiger partial charge is 0.408 e. The summed E-state index contributed by atoms with van der Waals surface area (Å²) >= 11 is 2.86. The normalized spacial score (nSPS) is 18.2. The molecule has 1 aliphatic heterocycles. The van der Waals surface area contributed by atoms with E-state index in [1.807, 2.05) is 0 Å². The van der Waals surface area contributed by atoms with Gasteiger partial charge in [0.15, 0.2) is 0 Å². The van der Waals surface area contributed by atoms with E-state index < -0.39 is 29.4 Å². The molecule has 1 aromatic carbocycles. The summed E-state index contributed by atoms with van der Waals surface area (Å²) in [6.45, 7) is 0.872. The summed E-state index contributed by atoms with van der Waals surface area (Å²) in [6, 6.07) is -0.573. The van der Waals surface area contributed by atoms with E-state index in [2.05, 4.69) is 21.2 Å². The fraction of sp³-hybridized carbons (Fsp3) is 0.500. The number of piperazine rings is 1. The first kappa shape index (κ1) is 18.6. The highest BCUT2D eigenvalue weighted by Crippen LogP contribution is 2.40. The molecular weight excluding hydrogens is 382 g/mol. The average molecular weight is 396 g/mol. The lowest BCUT2D eigenvalue weighted by Gasteiger charge is -2.36. The van der Waals surface area contributed by atoms with Crippen molar-refractivity contribution >= 4 is 28.3 Å². The van der Waals surface area contributed by atoms with Gasteiger partial charge in [-0.25, -0.2) is 8.78 Å². The van der Waals surface area contributed by atoms with Crippen LogP contribution in [0.25, 0.3) is 0 Å². The van der Waals surface area contributed by atoms with Gasteiger partial charge in [0.25, 0.3) is 0 Å². The summed E-state index contributed by atoms with van der Waals surface area (Å²) < 4.78 is 67.5. The fourth-order valence-corrected chi connectivity index (χ4v) is 2.71. The Morgan fingerprint density at radius 2 is 1.57 bits per heavy atom. The van der Waals surface area contributed by atoms with Crippen LogP contribution < -0.4 is 5.32 Å². The summed E-state index contributed by atoms with van der Waals surface area (Å²) in [5, 5.41) is 2.91. The summed E-state index contributed by atoms with van der Waals surface area (Å²) in [5.41, 5.74) is -0.942. The Morgan fingerprint density at radius 3 is 2.00 bits per heavy atom. The number of hydrogen-bond donors (Lipinski definition) is 1. The van der Waals surface area contributed by atoms with Gasteiger partial charge >= 0.3 is 6.18 Å². The Morgan fingerprint density at radius 1 is 1.10 bits per heavy atom. The van der Waals surface area contributed by atoms with E-state index >= 15 is 0 Å². The number of nitrogens with one attached hydrogen (secondary N) is 1. The van der Waals surface area contributed by atoms with Gasteiger partial charge in [-0.05, 0) is 12.1 Å². The fourth-order valence-electron chi connectivity index (χ4n) is 2.31. The summed E-state index contributed by atoms with van der Waals surface area (Å²) in [7, 11) is 0. The van der Waals surface area contributed by atoms with Crippen molar-refractivity contribution in [3.05, 3.63) is 33.8 Å². The van der Waals surface area contributed by atoms with Gasteiger partial charge in [0.05, 0.1) is 0 Å². The molecule has 1 aliphatic rings. The Bertz CT molecular complexity index is 468. The molecule has 1 aromatic rings. The molecule has 0 spiro atoms. The predicted molar refractivity (Wildman–Crippen MR) is 74.5 cm³/mol. The molecule has 0 aromatic heterocycles. The molecule has 0 aliphatic carbocycles. The molecule has 0 saturated carbocycles.